The van der Waals surface area contributed by atoms with Gasteiger partial charge in [-0.1, -0.05) is 0 Å². The second-order valence-corrected chi connectivity index (χ2v) is 35.6. The Bertz CT molecular complexity index is 1800. The molecule has 0 spiro atoms. The summed E-state index contributed by atoms with van der Waals surface area (Å²) in [4.78, 5) is 0. The molecule has 0 fully saturated rings. The number of aryl methyl sites for hydroxylation is 4. The number of hydrogen-bond acceptors (Lipinski definition) is 0. The molecule has 249 valence electrons. The average molecular weight is 729 g/mol. The SMILES string of the molecule is CCC(C)C1=Cc2c(-c3cc(C)cc(C)c3C)cccc2[CH]1[Zr]([CH]1C(C(C)CC)=Cc2c(-c3cc(C)cc(C)c3C)cccc21)[SiH](C)C. The summed E-state index contributed by atoms with van der Waals surface area (Å²) in [6, 6.07) is 24.3. The molecule has 2 heteroatoms. The van der Waals surface area contributed by atoms with E-state index in [9.17, 15) is 0 Å². The number of allylic oxidation sites excluding steroid dienone is 2. The molecule has 0 saturated carbocycles. The molecule has 0 saturated heterocycles. The zero-order valence-corrected chi connectivity index (χ0v) is 35.3. The van der Waals surface area contributed by atoms with Crippen LogP contribution in [0.15, 0.2) is 71.8 Å². The summed E-state index contributed by atoms with van der Waals surface area (Å²) in [6.45, 7) is 29.0. The Morgan fingerprint density at radius 2 is 0.979 bits per heavy atom. The van der Waals surface area contributed by atoms with E-state index in [4.69, 9.17) is 0 Å². The fourth-order valence-electron chi connectivity index (χ4n) is 8.86. The summed E-state index contributed by atoms with van der Waals surface area (Å²) in [7, 11) is 0. The van der Waals surface area contributed by atoms with Gasteiger partial charge in [0.1, 0.15) is 0 Å². The van der Waals surface area contributed by atoms with E-state index in [-0.39, 0.29) is 0 Å². The minimum absolute atomic E-state index is 0.597. The summed E-state index contributed by atoms with van der Waals surface area (Å²) in [5, 5.41) is 0. The van der Waals surface area contributed by atoms with Crippen LogP contribution in [0, 0.1) is 53.4 Å². The Morgan fingerprint density at radius 3 is 1.33 bits per heavy atom. The van der Waals surface area contributed by atoms with Crippen LogP contribution in [0.4, 0.5) is 0 Å². The predicted octanol–water partition coefficient (Wildman–Crippen LogP) is 13.1. The monoisotopic (exact) mass is 727 g/mol. The van der Waals surface area contributed by atoms with Crippen molar-refractivity contribution in [3.05, 3.63) is 127 Å². The summed E-state index contributed by atoms with van der Waals surface area (Å²) in [5.74, 6) is 0.188. The van der Waals surface area contributed by atoms with E-state index in [0.717, 1.165) is 0 Å². The second-order valence-electron chi connectivity index (χ2n) is 15.6. The molecule has 4 unspecified atom stereocenters. The normalized spacial score (nSPS) is 18.0. The summed E-state index contributed by atoms with van der Waals surface area (Å²) in [6.07, 6.45) is 7.82. The molecule has 0 heterocycles. The van der Waals surface area contributed by atoms with Crippen molar-refractivity contribution in [2.75, 3.05) is 0 Å². The van der Waals surface area contributed by atoms with Crippen LogP contribution in [0.5, 0.6) is 0 Å². The standard InChI is InChI=1S/2C22H25.C2H7Si.Zr/c2*1-6-15(3)19-12-18-8-7-9-20(22(18)13-19)21-11-14(2)10-16(4)17(21)5;1-3-2;/h2*7-13,15H,6H2,1-5H3;3H,1-2H3;. The predicted molar refractivity (Wildman–Crippen MR) is 211 cm³/mol. The maximum atomic E-state index is 2.73. The summed E-state index contributed by atoms with van der Waals surface area (Å²) in [5.41, 5.74) is 24.0. The first kappa shape index (κ1) is 35.3. The number of rotatable bonds is 9. The molecule has 0 amide bonds. The molecule has 4 atom stereocenters. The van der Waals surface area contributed by atoms with Gasteiger partial charge in [0.25, 0.3) is 0 Å². The molecule has 48 heavy (non-hydrogen) atoms. The van der Waals surface area contributed by atoms with Crippen molar-refractivity contribution in [1.82, 2.24) is 0 Å². The second kappa shape index (κ2) is 14.0. The van der Waals surface area contributed by atoms with Gasteiger partial charge < -0.3 is 0 Å². The van der Waals surface area contributed by atoms with Crippen molar-refractivity contribution < 1.29 is 20.9 Å². The van der Waals surface area contributed by atoms with Gasteiger partial charge in [0.05, 0.1) is 0 Å². The zero-order chi connectivity index (χ0) is 34.6. The van der Waals surface area contributed by atoms with Gasteiger partial charge in [-0.25, -0.2) is 0 Å². The van der Waals surface area contributed by atoms with E-state index >= 15 is 0 Å². The summed E-state index contributed by atoms with van der Waals surface area (Å²) < 4.78 is 1.29. The zero-order valence-electron chi connectivity index (χ0n) is 31.7. The van der Waals surface area contributed by atoms with Gasteiger partial charge in [0, 0.05) is 0 Å². The molecule has 0 N–H and O–H groups in total. The molecule has 6 rings (SSSR count). The van der Waals surface area contributed by atoms with Gasteiger partial charge in [-0.2, -0.15) is 0 Å². The Labute approximate surface area is 301 Å². The molecule has 2 aliphatic rings. The van der Waals surface area contributed by atoms with Crippen molar-refractivity contribution in [3.8, 4) is 22.3 Å². The van der Waals surface area contributed by atoms with Gasteiger partial charge in [0.15, 0.2) is 0 Å². The van der Waals surface area contributed by atoms with Crippen LogP contribution in [0.3, 0.4) is 0 Å². The van der Waals surface area contributed by atoms with E-state index in [2.05, 4.69) is 155 Å². The van der Waals surface area contributed by atoms with E-state index in [0.29, 0.717) is 19.1 Å². The third kappa shape index (κ3) is 6.09. The van der Waals surface area contributed by atoms with Crippen LogP contribution >= 0.6 is 0 Å². The van der Waals surface area contributed by atoms with Crippen LogP contribution in [-0.4, -0.2) is 5.92 Å². The molecule has 0 aromatic heterocycles. The van der Waals surface area contributed by atoms with Crippen LogP contribution in [0.1, 0.15) is 103 Å². The molecular formula is C46H57SiZr. The third-order valence-electron chi connectivity index (χ3n) is 12.1. The van der Waals surface area contributed by atoms with Crippen LogP contribution in [-0.2, 0) is 20.9 Å². The van der Waals surface area contributed by atoms with Gasteiger partial charge in [0.2, 0.25) is 0 Å². The van der Waals surface area contributed by atoms with Crippen molar-refractivity contribution in [1.29, 1.82) is 0 Å². The molecule has 0 nitrogen and oxygen atoms in total. The Kier molecular flexibility index (Phi) is 10.3. The first-order chi connectivity index (χ1) is 22.9. The molecule has 4 aromatic rings. The van der Waals surface area contributed by atoms with Crippen molar-refractivity contribution in [3.63, 3.8) is 0 Å². The van der Waals surface area contributed by atoms with Crippen molar-refractivity contribution in [2.24, 2.45) is 11.8 Å². The van der Waals surface area contributed by atoms with E-state index in [1.54, 1.807) is 22.3 Å². The minimum atomic E-state index is -2.28. The van der Waals surface area contributed by atoms with E-state index in [1.165, 1.54) is 79.6 Å². The molecule has 0 aliphatic heterocycles. The molecular weight excluding hydrogens is 672 g/mol. The van der Waals surface area contributed by atoms with E-state index < -0.39 is 26.8 Å². The topological polar surface area (TPSA) is 0 Å². The van der Waals surface area contributed by atoms with Crippen molar-refractivity contribution in [2.45, 2.75) is 102 Å². The first-order valence-corrected chi connectivity index (χ1v) is 28.6. The Balaban J connectivity index is 1.58. The fourth-order valence-corrected chi connectivity index (χ4v) is 32.0. The van der Waals surface area contributed by atoms with Crippen LogP contribution < -0.4 is 0 Å². The van der Waals surface area contributed by atoms with Gasteiger partial charge in [-0.15, -0.1) is 0 Å². The number of hydrogen-bond donors (Lipinski definition) is 0. The van der Waals surface area contributed by atoms with E-state index in [1.807, 2.05) is 0 Å². The molecule has 2 aliphatic carbocycles. The third-order valence-corrected chi connectivity index (χ3v) is 33.6. The van der Waals surface area contributed by atoms with Crippen LogP contribution in [0.2, 0.25) is 13.1 Å². The quantitative estimate of drug-likeness (QED) is 0.151. The number of benzene rings is 4. The number of fused-ring (bicyclic) bond motifs is 2. The fraction of sp³-hybridized carbons (Fsp3) is 0.391. The molecule has 0 radical (unpaired) electrons. The van der Waals surface area contributed by atoms with Crippen molar-refractivity contribution >= 4 is 18.1 Å². The Hall–Kier alpha value is -2.54. The maximum absolute atomic E-state index is 2.73. The molecule has 4 aromatic carbocycles. The van der Waals surface area contributed by atoms with Gasteiger partial charge in [-0.3, -0.25) is 0 Å². The Morgan fingerprint density at radius 1 is 0.583 bits per heavy atom. The van der Waals surface area contributed by atoms with Gasteiger partial charge in [-0.05, 0) is 0 Å². The van der Waals surface area contributed by atoms with Crippen LogP contribution in [0.25, 0.3) is 34.4 Å². The summed E-state index contributed by atoms with van der Waals surface area (Å²) >= 11 is -2.28. The average Bonchev–Trinajstić information content (AvgIpc) is 3.63. The van der Waals surface area contributed by atoms with Gasteiger partial charge >= 0.3 is 303 Å². The first-order valence-electron chi connectivity index (χ1n) is 18.6. The molecule has 0 bridgehead atoms.